The quantitative estimate of drug-likeness (QED) is 0.0197. The smallest absolute Gasteiger partial charge is 0.306 e. The molecule has 0 saturated heterocycles. The van der Waals surface area contributed by atoms with Crippen molar-refractivity contribution in [2.24, 2.45) is 0 Å². The fourth-order valence-corrected chi connectivity index (χ4v) is 7.01. The molecule has 0 aromatic heterocycles. The summed E-state index contributed by atoms with van der Waals surface area (Å²) in [7, 11) is 1.32. The summed E-state index contributed by atoms with van der Waals surface area (Å²) in [6.45, 7) is 5.20. The van der Waals surface area contributed by atoms with Gasteiger partial charge in [0.15, 0.2) is 0 Å². The molecule has 63 heavy (non-hydrogen) atoms. The SMILES string of the molecule is CC/C=C\C/C=C\C/C=C\C/C=C\C/C=C\C/C=C\CCCCCCCCCOCC(COP(=O)([O-])OCC[N+](C)(C)C)OC(=O)CCCCCCC/C=C\C/C=C\CCCCC. The van der Waals surface area contributed by atoms with E-state index >= 15 is 0 Å². The zero-order chi connectivity index (χ0) is 46.2. The summed E-state index contributed by atoms with van der Waals surface area (Å²) in [6, 6.07) is 0. The number of rotatable bonds is 45. The van der Waals surface area contributed by atoms with Gasteiger partial charge in [-0.3, -0.25) is 9.36 Å². The largest absolute Gasteiger partial charge is 0.756 e. The number of unbranched alkanes of at least 4 members (excludes halogenated alkanes) is 15. The molecule has 0 aliphatic rings. The van der Waals surface area contributed by atoms with E-state index in [1.54, 1.807) is 0 Å². The summed E-state index contributed by atoms with van der Waals surface area (Å²) in [5, 5.41) is 0. The van der Waals surface area contributed by atoms with Gasteiger partial charge in [-0.1, -0.05) is 175 Å². The van der Waals surface area contributed by atoms with Crippen LogP contribution < -0.4 is 4.89 Å². The number of phosphoric ester groups is 1. The van der Waals surface area contributed by atoms with E-state index in [4.69, 9.17) is 18.5 Å². The Hall–Kier alpha value is -2.58. The molecule has 0 aromatic carbocycles. The van der Waals surface area contributed by atoms with Crippen molar-refractivity contribution in [3.63, 3.8) is 0 Å². The summed E-state index contributed by atoms with van der Waals surface area (Å²) >= 11 is 0. The molecular weight excluding hydrogens is 806 g/mol. The summed E-state index contributed by atoms with van der Waals surface area (Å²) in [4.78, 5) is 25.1. The van der Waals surface area contributed by atoms with Gasteiger partial charge in [-0.15, -0.1) is 0 Å². The van der Waals surface area contributed by atoms with E-state index in [2.05, 4.69) is 111 Å². The van der Waals surface area contributed by atoms with Crippen molar-refractivity contribution in [3.05, 3.63) is 97.2 Å². The monoisotopic (exact) mass is 900 g/mol. The van der Waals surface area contributed by atoms with Gasteiger partial charge in [0.2, 0.25) is 0 Å². The topological polar surface area (TPSA) is 94.1 Å². The summed E-state index contributed by atoms with van der Waals surface area (Å²) in [5.74, 6) is -0.356. The lowest BCUT2D eigenvalue weighted by molar-refractivity contribution is -0.870. The second-order valence-electron chi connectivity index (χ2n) is 17.4. The highest BCUT2D eigenvalue weighted by Crippen LogP contribution is 2.38. The molecule has 0 bridgehead atoms. The number of phosphoric acid groups is 1. The number of hydrogen-bond acceptors (Lipinski definition) is 7. The van der Waals surface area contributed by atoms with Gasteiger partial charge in [-0.2, -0.15) is 0 Å². The van der Waals surface area contributed by atoms with Crippen LogP contribution in [0.25, 0.3) is 0 Å². The van der Waals surface area contributed by atoms with Crippen LogP contribution in [0.3, 0.4) is 0 Å². The van der Waals surface area contributed by atoms with Crippen LogP contribution in [0.4, 0.5) is 0 Å². The van der Waals surface area contributed by atoms with Crippen LogP contribution in [0, 0.1) is 0 Å². The lowest BCUT2D eigenvalue weighted by Crippen LogP contribution is -2.37. The zero-order valence-electron chi connectivity index (χ0n) is 41.0. The highest BCUT2D eigenvalue weighted by Gasteiger charge is 2.20. The van der Waals surface area contributed by atoms with Crippen molar-refractivity contribution in [1.82, 2.24) is 0 Å². The molecule has 0 aromatic rings. The van der Waals surface area contributed by atoms with E-state index in [0.717, 1.165) is 109 Å². The van der Waals surface area contributed by atoms with Gasteiger partial charge < -0.3 is 27.9 Å². The Labute approximate surface area is 387 Å². The fraction of sp³-hybridized carbons (Fsp3) is 0.685. The van der Waals surface area contributed by atoms with E-state index < -0.39 is 13.9 Å². The first kappa shape index (κ1) is 60.4. The molecule has 9 heteroatoms. The summed E-state index contributed by atoms with van der Waals surface area (Å²) < 4.78 is 34.7. The number of ether oxygens (including phenoxy) is 2. The van der Waals surface area contributed by atoms with Gasteiger partial charge in [0.1, 0.15) is 19.3 Å². The Morgan fingerprint density at radius 2 is 0.921 bits per heavy atom. The molecule has 2 atom stereocenters. The van der Waals surface area contributed by atoms with E-state index in [-0.39, 0.29) is 32.2 Å². The molecule has 0 rings (SSSR count). The third kappa shape index (κ3) is 50.3. The van der Waals surface area contributed by atoms with Crippen LogP contribution in [0.2, 0.25) is 0 Å². The van der Waals surface area contributed by atoms with Gasteiger partial charge in [-0.05, 0) is 96.3 Å². The van der Waals surface area contributed by atoms with Crippen LogP contribution in [-0.4, -0.2) is 70.7 Å². The molecule has 0 fully saturated rings. The van der Waals surface area contributed by atoms with Gasteiger partial charge in [0.05, 0.1) is 34.4 Å². The number of carbonyl (C=O) groups excluding carboxylic acids is 1. The average Bonchev–Trinajstić information content (AvgIpc) is 3.24. The molecule has 0 heterocycles. The molecule has 2 unspecified atom stereocenters. The van der Waals surface area contributed by atoms with Crippen molar-refractivity contribution >= 4 is 13.8 Å². The van der Waals surface area contributed by atoms with Gasteiger partial charge >= 0.3 is 5.97 Å². The first-order valence-electron chi connectivity index (χ1n) is 25.0. The Balaban J connectivity index is 4.20. The van der Waals surface area contributed by atoms with Crippen LogP contribution in [0.1, 0.15) is 181 Å². The Kier molecular flexibility index (Phi) is 44.1. The molecule has 0 saturated carbocycles. The summed E-state index contributed by atoms with van der Waals surface area (Å²) in [5.41, 5.74) is 0. The van der Waals surface area contributed by atoms with E-state index in [0.29, 0.717) is 17.6 Å². The minimum atomic E-state index is -4.54. The molecule has 0 N–H and O–H groups in total. The number of quaternary nitrogens is 1. The van der Waals surface area contributed by atoms with E-state index in [1.807, 2.05) is 21.1 Å². The van der Waals surface area contributed by atoms with E-state index in [9.17, 15) is 14.3 Å². The number of esters is 1. The van der Waals surface area contributed by atoms with Crippen molar-refractivity contribution < 1.29 is 37.3 Å². The third-order valence-corrected chi connectivity index (χ3v) is 11.1. The Bertz CT molecular complexity index is 1320. The van der Waals surface area contributed by atoms with Gasteiger partial charge in [-0.25, -0.2) is 0 Å². The fourth-order valence-electron chi connectivity index (χ4n) is 6.28. The van der Waals surface area contributed by atoms with E-state index in [1.165, 1.54) is 51.4 Å². The molecule has 0 spiro atoms. The van der Waals surface area contributed by atoms with Crippen molar-refractivity contribution in [2.75, 3.05) is 54.1 Å². The average molecular weight is 900 g/mol. The normalized spacial score (nSPS) is 14.4. The molecule has 0 radical (unpaired) electrons. The minimum Gasteiger partial charge on any atom is -0.756 e. The summed E-state index contributed by atoms with van der Waals surface area (Å²) in [6.07, 6.45) is 62.8. The molecule has 0 amide bonds. The van der Waals surface area contributed by atoms with Crippen molar-refractivity contribution in [2.45, 2.75) is 187 Å². The van der Waals surface area contributed by atoms with Gasteiger partial charge in [0.25, 0.3) is 7.82 Å². The number of allylic oxidation sites excluding steroid dienone is 16. The second-order valence-corrected chi connectivity index (χ2v) is 18.8. The maximum Gasteiger partial charge on any atom is 0.306 e. The molecule has 0 aliphatic heterocycles. The number of carbonyl (C=O) groups is 1. The van der Waals surface area contributed by atoms with Crippen LogP contribution >= 0.6 is 7.82 Å². The number of nitrogens with zero attached hydrogens (tertiary/aromatic N) is 1. The second kappa shape index (κ2) is 46.0. The Morgan fingerprint density at radius 1 is 0.508 bits per heavy atom. The predicted molar refractivity (Wildman–Crippen MR) is 268 cm³/mol. The van der Waals surface area contributed by atoms with Gasteiger partial charge in [0, 0.05) is 13.0 Å². The molecular formula is C54H94NO7P. The molecule has 362 valence electrons. The Morgan fingerprint density at radius 3 is 1.38 bits per heavy atom. The van der Waals surface area contributed by atoms with Crippen LogP contribution in [0.5, 0.6) is 0 Å². The highest BCUT2D eigenvalue weighted by atomic mass is 31.2. The van der Waals surface area contributed by atoms with Crippen molar-refractivity contribution in [3.8, 4) is 0 Å². The zero-order valence-corrected chi connectivity index (χ0v) is 41.9. The molecule has 8 nitrogen and oxygen atoms in total. The first-order valence-corrected chi connectivity index (χ1v) is 26.4. The highest BCUT2D eigenvalue weighted by molar-refractivity contribution is 7.45. The number of likely N-dealkylation sites (N-methyl/N-ethyl adjacent to an activating group) is 1. The maximum atomic E-state index is 12.7. The first-order chi connectivity index (χ1) is 30.6. The lowest BCUT2D eigenvalue weighted by Gasteiger charge is -2.28. The molecule has 0 aliphatic carbocycles. The predicted octanol–water partition coefficient (Wildman–Crippen LogP) is 14.8. The third-order valence-electron chi connectivity index (χ3n) is 10.1. The van der Waals surface area contributed by atoms with Crippen molar-refractivity contribution in [1.29, 1.82) is 0 Å². The maximum absolute atomic E-state index is 12.7. The standard InChI is InChI=1S/C54H94NO7P/c1-6-8-10-12-14-16-18-20-22-23-24-25-26-27-28-29-30-31-32-34-36-38-40-42-44-46-49-59-51-53(52-61-63(57,58)60-50-48-55(3,4)5)62-54(56)47-45-43-41-39-37-35-33-21-19-17-15-13-11-9-7-2/h8,10,14-17,20-22,24-25,27-28,30-31,33,53H,6-7,9,11-13,18-19,23,26,29,32,34-52H2,1-5H3/b10-8-,16-14-,17-15-,22-20-,25-24-,28-27-,31-30-,33-21-. The lowest BCUT2D eigenvalue weighted by atomic mass is 10.1. The van der Waals surface area contributed by atoms with Crippen LogP contribution in [-0.2, 0) is 27.9 Å². The van der Waals surface area contributed by atoms with Crippen LogP contribution in [0.15, 0.2) is 97.2 Å². The number of hydrogen-bond donors (Lipinski definition) is 0. The minimum absolute atomic E-state index is 0.0154.